The Bertz CT molecular complexity index is 1150. The average Bonchev–Trinajstić information content (AvgIpc) is 3.09. The summed E-state index contributed by atoms with van der Waals surface area (Å²) in [6.45, 7) is 0. The van der Waals surface area contributed by atoms with Gasteiger partial charge in [-0.25, -0.2) is 4.79 Å². The van der Waals surface area contributed by atoms with E-state index in [1.165, 1.54) is 0 Å². The minimum atomic E-state index is -1.44. The molecule has 2 aromatic carbocycles. The Labute approximate surface area is 191 Å². The van der Waals surface area contributed by atoms with Gasteiger partial charge in [0.15, 0.2) is 9.93 Å². The number of halogens is 1. The highest BCUT2D eigenvalue weighted by molar-refractivity contribution is 14.1. The molecule has 3 aromatic rings. The quantitative estimate of drug-likeness (QED) is 0.411. The molecular formula is C22H22IN3O5. The van der Waals surface area contributed by atoms with Gasteiger partial charge in [0.2, 0.25) is 0 Å². The summed E-state index contributed by atoms with van der Waals surface area (Å²) in [6.07, 6.45) is -2.36. The first kappa shape index (κ1) is 21.9. The van der Waals surface area contributed by atoms with Crippen LogP contribution in [0.3, 0.4) is 0 Å². The van der Waals surface area contributed by atoms with E-state index < -0.39 is 35.3 Å². The standard InChI is InChI=1S/C22H22IN3O5/c23-19-20(28)24-21(29)26(25-19)17-13-22(30,12-15-9-5-2-6-10-15)18(31-17)16(27)11-14-7-3-1-4-8-14/h1-10,16-18,27,30H,11-13H2,(H,24,28,29)/t16?,17-,18-,22+/m1/s1. The molecule has 3 N–H and O–H groups in total. The summed E-state index contributed by atoms with van der Waals surface area (Å²) < 4.78 is 7.13. The van der Waals surface area contributed by atoms with Gasteiger partial charge >= 0.3 is 5.69 Å². The maximum atomic E-state index is 12.3. The third kappa shape index (κ3) is 4.79. The highest BCUT2D eigenvalue weighted by Gasteiger charge is 2.51. The summed E-state index contributed by atoms with van der Waals surface area (Å²) in [7, 11) is 0. The summed E-state index contributed by atoms with van der Waals surface area (Å²) >= 11 is 1.73. The van der Waals surface area contributed by atoms with Crippen LogP contribution in [0.5, 0.6) is 0 Å². The van der Waals surface area contributed by atoms with Gasteiger partial charge in [-0.15, -0.1) is 0 Å². The summed E-state index contributed by atoms with van der Waals surface area (Å²) in [5, 5.41) is 26.6. The zero-order valence-corrected chi connectivity index (χ0v) is 18.7. The average molecular weight is 535 g/mol. The Balaban J connectivity index is 1.66. The van der Waals surface area contributed by atoms with Crippen LogP contribution in [0.25, 0.3) is 0 Å². The van der Waals surface area contributed by atoms with Crippen LogP contribution in [0.2, 0.25) is 0 Å². The van der Waals surface area contributed by atoms with E-state index in [9.17, 15) is 19.8 Å². The van der Waals surface area contributed by atoms with E-state index in [2.05, 4.69) is 10.1 Å². The summed E-state index contributed by atoms with van der Waals surface area (Å²) in [6, 6.07) is 18.8. The second kappa shape index (κ2) is 9.03. The number of rotatable bonds is 6. The Morgan fingerprint density at radius 2 is 1.74 bits per heavy atom. The van der Waals surface area contributed by atoms with Crippen molar-refractivity contribution in [1.82, 2.24) is 14.8 Å². The summed E-state index contributed by atoms with van der Waals surface area (Å²) in [5.74, 6) is 0. The lowest BCUT2D eigenvalue weighted by Crippen LogP contribution is -2.48. The van der Waals surface area contributed by atoms with Crippen LogP contribution >= 0.6 is 22.6 Å². The second-order valence-electron chi connectivity index (χ2n) is 7.73. The SMILES string of the molecule is O=c1[nH]c(=O)n([C@H]2C[C@@](O)(Cc3ccccc3)[C@@H](C(O)Cc3ccccc3)O2)nc1I. The Morgan fingerprint density at radius 3 is 2.39 bits per heavy atom. The number of aromatic nitrogens is 3. The van der Waals surface area contributed by atoms with Crippen molar-refractivity contribution in [2.75, 3.05) is 0 Å². The van der Waals surface area contributed by atoms with Crippen molar-refractivity contribution in [3.8, 4) is 0 Å². The van der Waals surface area contributed by atoms with Gasteiger partial charge in [-0.1, -0.05) is 60.7 Å². The van der Waals surface area contributed by atoms with E-state index in [-0.39, 0.29) is 23.0 Å². The summed E-state index contributed by atoms with van der Waals surface area (Å²) in [5.41, 5.74) is -0.973. The predicted molar refractivity (Wildman–Crippen MR) is 122 cm³/mol. The van der Waals surface area contributed by atoms with Crippen LogP contribution in [-0.2, 0) is 17.6 Å². The van der Waals surface area contributed by atoms with Gasteiger partial charge in [-0.2, -0.15) is 9.78 Å². The zero-order valence-electron chi connectivity index (χ0n) is 16.5. The molecule has 1 aromatic heterocycles. The maximum absolute atomic E-state index is 12.3. The second-order valence-corrected chi connectivity index (χ2v) is 8.75. The third-order valence-corrected chi connectivity index (χ3v) is 6.14. The lowest BCUT2D eigenvalue weighted by molar-refractivity contribution is -0.117. The molecule has 1 unspecified atom stereocenters. The lowest BCUT2D eigenvalue weighted by atomic mass is 9.83. The summed E-state index contributed by atoms with van der Waals surface area (Å²) in [4.78, 5) is 26.2. The Kier molecular flexibility index (Phi) is 6.37. The lowest BCUT2D eigenvalue weighted by Gasteiger charge is -2.31. The molecule has 0 bridgehead atoms. The first-order chi connectivity index (χ1) is 14.9. The molecule has 4 atom stereocenters. The molecule has 0 aliphatic carbocycles. The first-order valence-corrected chi connectivity index (χ1v) is 11.0. The van der Waals surface area contributed by atoms with Crippen LogP contribution in [0.1, 0.15) is 23.8 Å². The molecule has 0 radical (unpaired) electrons. The molecule has 0 saturated carbocycles. The fourth-order valence-corrected chi connectivity index (χ4v) is 4.39. The van der Waals surface area contributed by atoms with Crippen molar-refractivity contribution in [3.63, 3.8) is 0 Å². The van der Waals surface area contributed by atoms with E-state index in [0.29, 0.717) is 0 Å². The number of nitrogens with zero attached hydrogens (tertiary/aromatic N) is 2. The van der Waals surface area contributed by atoms with Crippen molar-refractivity contribution in [2.24, 2.45) is 0 Å². The molecule has 2 heterocycles. The number of nitrogens with one attached hydrogen (secondary N) is 1. The van der Waals surface area contributed by atoms with Crippen LogP contribution in [0, 0.1) is 3.70 Å². The normalized spacial score (nSPS) is 24.2. The molecule has 1 saturated heterocycles. The molecule has 1 aliphatic heterocycles. The van der Waals surface area contributed by atoms with Gasteiger partial charge in [-0.3, -0.25) is 9.78 Å². The van der Waals surface area contributed by atoms with Gasteiger partial charge in [0, 0.05) is 19.3 Å². The number of benzene rings is 2. The smallest absolute Gasteiger partial charge is 0.347 e. The Morgan fingerprint density at radius 1 is 1.13 bits per heavy atom. The topological polar surface area (TPSA) is 117 Å². The molecule has 162 valence electrons. The minimum absolute atomic E-state index is 0.0352. The van der Waals surface area contributed by atoms with Crippen molar-refractivity contribution in [2.45, 2.75) is 43.3 Å². The number of aliphatic hydroxyl groups is 2. The number of aromatic amines is 1. The molecule has 9 heteroatoms. The minimum Gasteiger partial charge on any atom is -0.390 e. The predicted octanol–water partition coefficient (Wildman–Crippen LogP) is 1.40. The molecule has 1 aliphatic rings. The van der Waals surface area contributed by atoms with Crippen LogP contribution in [0.15, 0.2) is 70.3 Å². The molecule has 8 nitrogen and oxygen atoms in total. The van der Waals surface area contributed by atoms with Gasteiger partial charge < -0.3 is 14.9 Å². The number of hydrogen-bond donors (Lipinski definition) is 3. The fraction of sp³-hybridized carbons (Fsp3) is 0.318. The molecule has 0 spiro atoms. The zero-order chi connectivity index (χ0) is 22.0. The number of hydrogen-bond acceptors (Lipinski definition) is 6. The van der Waals surface area contributed by atoms with Gasteiger partial charge in [-0.05, 0) is 33.7 Å². The van der Waals surface area contributed by atoms with Gasteiger partial charge in [0.1, 0.15) is 11.7 Å². The fourth-order valence-electron chi connectivity index (χ4n) is 4.03. The maximum Gasteiger partial charge on any atom is 0.347 e. The largest absolute Gasteiger partial charge is 0.390 e. The van der Waals surface area contributed by atoms with Gasteiger partial charge in [0.25, 0.3) is 5.56 Å². The van der Waals surface area contributed by atoms with E-state index in [1.807, 2.05) is 60.7 Å². The van der Waals surface area contributed by atoms with Crippen LogP contribution < -0.4 is 11.2 Å². The van der Waals surface area contributed by atoms with Crippen molar-refractivity contribution in [1.29, 1.82) is 0 Å². The van der Waals surface area contributed by atoms with E-state index in [1.54, 1.807) is 22.6 Å². The van der Waals surface area contributed by atoms with Crippen molar-refractivity contribution < 1.29 is 14.9 Å². The molecular weight excluding hydrogens is 513 g/mol. The Hall–Kier alpha value is -2.34. The third-order valence-electron chi connectivity index (χ3n) is 5.44. The first-order valence-electron chi connectivity index (χ1n) is 9.88. The monoisotopic (exact) mass is 535 g/mol. The highest BCUT2D eigenvalue weighted by Crippen LogP contribution is 2.40. The number of aliphatic hydroxyl groups excluding tert-OH is 1. The van der Waals surface area contributed by atoms with Crippen molar-refractivity contribution in [3.05, 3.63) is 96.3 Å². The van der Waals surface area contributed by atoms with E-state index >= 15 is 0 Å². The molecule has 1 fully saturated rings. The highest BCUT2D eigenvalue weighted by atomic mass is 127. The van der Waals surface area contributed by atoms with Crippen LogP contribution in [-0.4, -0.2) is 42.8 Å². The number of H-pyrrole nitrogens is 1. The molecule has 0 amide bonds. The van der Waals surface area contributed by atoms with E-state index in [4.69, 9.17) is 4.74 Å². The molecule has 31 heavy (non-hydrogen) atoms. The van der Waals surface area contributed by atoms with Gasteiger partial charge in [0.05, 0.1) is 6.10 Å². The van der Waals surface area contributed by atoms with Crippen molar-refractivity contribution >= 4 is 22.6 Å². The number of ether oxygens (including phenoxy) is 1. The van der Waals surface area contributed by atoms with E-state index in [0.717, 1.165) is 15.8 Å². The van der Waals surface area contributed by atoms with Crippen LogP contribution in [0.4, 0.5) is 0 Å². The molecule has 4 rings (SSSR count).